The van der Waals surface area contributed by atoms with Crippen molar-refractivity contribution >= 4 is 5.97 Å². The van der Waals surface area contributed by atoms with Crippen molar-refractivity contribution in [3.63, 3.8) is 0 Å². The van der Waals surface area contributed by atoms with Gasteiger partial charge < -0.3 is 15.1 Å². The zero-order valence-electron chi connectivity index (χ0n) is 12.4. The average molecular weight is 282 g/mol. The van der Waals surface area contributed by atoms with E-state index in [1.54, 1.807) is 20.8 Å². The van der Waals surface area contributed by atoms with Crippen molar-refractivity contribution < 1.29 is 24.8 Å². The van der Waals surface area contributed by atoms with E-state index in [2.05, 4.69) is 6.92 Å². The van der Waals surface area contributed by atoms with Gasteiger partial charge in [0.2, 0.25) is 5.75 Å². The Morgan fingerprint density at radius 1 is 1.10 bits per heavy atom. The number of rotatable bonds is 7. The summed E-state index contributed by atoms with van der Waals surface area (Å²) < 4.78 is 0. The van der Waals surface area contributed by atoms with Gasteiger partial charge in [0.25, 0.3) is 0 Å². The third-order valence-electron chi connectivity index (χ3n) is 3.48. The molecule has 0 bridgehead atoms. The summed E-state index contributed by atoms with van der Waals surface area (Å²) in [4.78, 5) is 21.4. The first-order chi connectivity index (χ1) is 9.41. The number of unbranched alkanes of at least 4 members (excludes halogenated alkanes) is 2. The first kappa shape index (κ1) is 16.3. The lowest BCUT2D eigenvalue weighted by Crippen LogP contribution is -2.08. The topological polar surface area (TPSA) is 76.0 Å². The van der Waals surface area contributed by atoms with Crippen molar-refractivity contribution in [1.29, 1.82) is 0 Å². The molecule has 0 unspecified atom stereocenters. The van der Waals surface area contributed by atoms with Crippen molar-refractivity contribution in [3.05, 3.63) is 22.3 Å². The molecule has 1 rings (SSSR count). The average Bonchev–Trinajstić information content (AvgIpc) is 2.39. The molecule has 0 saturated carbocycles. The van der Waals surface area contributed by atoms with E-state index in [1.165, 1.54) is 0 Å². The van der Waals surface area contributed by atoms with Crippen molar-refractivity contribution in [1.82, 2.24) is 0 Å². The monoisotopic (exact) mass is 282 g/mol. The summed E-state index contributed by atoms with van der Waals surface area (Å²) in [5, 5.41) is 19.2. The predicted octanol–water partition coefficient (Wildman–Crippen LogP) is 3.52. The molecule has 1 aromatic rings. The molecule has 0 fully saturated rings. The molecule has 5 nitrogen and oxygen atoms in total. The van der Waals surface area contributed by atoms with Crippen LogP contribution in [0.4, 0.5) is 0 Å². The number of aromatic carboxylic acids is 1. The number of hydrogen-bond acceptors (Lipinski definition) is 4. The second-order valence-corrected chi connectivity index (χ2v) is 4.85. The molecule has 20 heavy (non-hydrogen) atoms. The number of carboxylic acid groups (broad SMARTS) is 1. The van der Waals surface area contributed by atoms with Crippen LogP contribution in [0.3, 0.4) is 0 Å². The summed E-state index contributed by atoms with van der Waals surface area (Å²) in [5.74, 6) is -1.48. The minimum absolute atomic E-state index is 0.0852. The Balaban J connectivity index is 2.98. The Bertz CT molecular complexity index is 494. The fourth-order valence-corrected chi connectivity index (χ4v) is 1.98. The fraction of sp³-hybridized carbons (Fsp3) is 0.533. The number of phenols is 1. The van der Waals surface area contributed by atoms with Gasteiger partial charge in [0, 0.05) is 5.56 Å². The summed E-state index contributed by atoms with van der Waals surface area (Å²) >= 11 is 0. The molecular formula is C15H22O5. The van der Waals surface area contributed by atoms with Gasteiger partial charge in [0.1, 0.15) is 5.56 Å². The van der Waals surface area contributed by atoms with Gasteiger partial charge in [-0.2, -0.15) is 4.89 Å². The first-order valence-electron chi connectivity index (χ1n) is 6.77. The highest BCUT2D eigenvalue weighted by atomic mass is 17.2. The van der Waals surface area contributed by atoms with Gasteiger partial charge in [0.05, 0.1) is 6.61 Å². The lowest BCUT2D eigenvalue weighted by atomic mass is 9.96. The molecule has 0 heterocycles. The summed E-state index contributed by atoms with van der Waals surface area (Å²) in [5.41, 5.74) is 1.85. The molecular weight excluding hydrogens is 260 g/mol. The third-order valence-corrected chi connectivity index (χ3v) is 3.48. The molecule has 1 aromatic carbocycles. The van der Waals surface area contributed by atoms with E-state index in [9.17, 15) is 15.0 Å². The van der Waals surface area contributed by atoms with Gasteiger partial charge in [0.15, 0.2) is 5.75 Å². The smallest absolute Gasteiger partial charge is 0.339 e. The first-order valence-corrected chi connectivity index (χ1v) is 6.77. The molecule has 0 atom stereocenters. The summed E-state index contributed by atoms with van der Waals surface area (Å²) in [7, 11) is 0. The minimum Gasteiger partial charge on any atom is -0.504 e. The van der Waals surface area contributed by atoms with Crippen LogP contribution in [0.5, 0.6) is 11.5 Å². The van der Waals surface area contributed by atoms with Gasteiger partial charge in [-0.1, -0.05) is 19.8 Å². The van der Waals surface area contributed by atoms with E-state index in [0.29, 0.717) is 17.7 Å². The molecule has 0 aliphatic rings. The van der Waals surface area contributed by atoms with Gasteiger partial charge in [-0.15, -0.1) is 0 Å². The van der Waals surface area contributed by atoms with Crippen LogP contribution in [-0.2, 0) is 4.89 Å². The van der Waals surface area contributed by atoms with Gasteiger partial charge >= 0.3 is 5.97 Å². The molecule has 0 radical (unpaired) electrons. The molecule has 0 saturated heterocycles. The molecule has 0 spiro atoms. The highest BCUT2D eigenvalue weighted by Gasteiger charge is 2.23. The molecule has 0 aliphatic heterocycles. The lowest BCUT2D eigenvalue weighted by molar-refractivity contribution is -0.208. The largest absolute Gasteiger partial charge is 0.504 e. The van der Waals surface area contributed by atoms with Gasteiger partial charge in [-0.25, -0.2) is 4.79 Å². The predicted molar refractivity (Wildman–Crippen MR) is 75.4 cm³/mol. The maximum atomic E-state index is 11.2. The van der Waals surface area contributed by atoms with E-state index in [1.807, 2.05) is 0 Å². The normalized spacial score (nSPS) is 10.6. The number of hydrogen-bond donors (Lipinski definition) is 2. The SMILES string of the molecule is CCCCCOOc1c(C)c(C)c(C)c(C(=O)O)c1O. The summed E-state index contributed by atoms with van der Waals surface area (Å²) in [6.45, 7) is 7.71. The van der Waals surface area contributed by atoms with E-state index >= 15 is 0 Å². The van der Waals surface area contributed by atoms with Crippen molar-refractivity contribution in [3.8, 4) is 11.5 Å². The van der Waals surface area contributed by atoms with Crippen LogP contribution in [0.1, 0.15) is 53.2 Å². The van der Waals surface area contributed by atoms with E-state index in [4.69, 9.17) is 9.78 Å². The molecule has 0 aromatic heterocycles. The van der Waals surface area contributed by atoms with E-state index < -0.39 is 5.97 Å². The Hall–Kier alpha value is -1.75. The van der Waals surface area contributed by atoms with Crippen molar-refractivity contribution in [2.24, 2.45) is 0 Å². The molecule has 2 N–H and O–H groups in total. The Morgan fingerprint density at radius 2 is 1.75 bits per heavy atom. The second kappa shape index (κ2) is 7.14. The Kier molecular flexibility index (Phi) is 5.82. The van der Waals surface area contributed by atoms with Gasteiger partial charge in [-0.3, -0.25) is 0 Å². The number of aromatic hydroxyl groups is 1. The number of carboxylic acids is 1. The van der Waals surface area contributed by atoms with Crippen LogP contribution in [0.15, 0.2) is 0 Å². The zero-order chi connectivity index (χ0) is 15.3. The second-order valence-electron chi connectivity index (χ2n) is 4.85. The highest BCUT2D eigenvalue weighted by Crippen LogP contribution is 2.38. The van der Waals surface area contributed by atoms with Crippen LogP contribution in [0.25, 0.3) is 0 Å². The Labute approximate surface area is 119 Å². The maximum absolute atomic E-state index is 11.2. The molecule has 0 aliphatic carbocycles. The minimum atomic E-state index is -1.18. The summed E-state index contributed by atoms with van der Waals surface area (Å²) in [6, 6.07) is 0. The third kappa shape index (κ3) is 3.42. The van der Waals surface area contributed by atoms with E-state index in [0.717, 1.165) is 24.8 Å². The lowest BCUT2D eigenvalue weighted by Gasteiger charge is -2.16. The quantitative estimate of drug-likeness (QED) is 0.454. The Morgan fingerprint density at radius 3 is 2.30 bits per heavy atom. The molecule has 112 valence electrons. The highest BCUT2D eigenvalue weighted by molar-refractivity contribution is 5.94. The zero-order valence-corrected chi connectivity index (χ0v) is 12.4. The van der Waals surface area contributed by atoms with Crippen LogP contribution in [0.2, 0.25) is 0 Å². The number of carbonyl (C=O) groups is 1. The molecule has 0 amide bonds. The van der Waals surface area contributed by atoms with Crippen molar-refractivity contribution in [2.75, 3.05) is 6.61 Å². The van der Waals surface area contributed by atoms with Crippen LogP contribution >= 0.6 is 0 Å². The van der Waals surface area contributed by atoms with Gasteiger partial charge in [-0.05, 0) is 38.3 Å². The fourth-order valence-electron chi connectivity index (χ4n) is 1.98. The van der Waals surface area contributed by atoms with Crippen LogP contribution < -0.4 is 4.89 Å². The number of benzene rings is 1. The van der Waals surface area contributed by atoms with Crippen LogP contribution in [0, 0.1) is 20.8 Å². The van der Waals surface area contributed by atoms with E-state index in [-0.39, 0.29) is 17.1 Å². The molecule has 5 heteroatoms. The summed E-state index contributed by atoms with van der Waals surface area (Å²) in [6.07, 6.45) is 2.95. The maximum Gasteiger partial charge on any atom is 0.339 e. The van der Waals surface area contributed by atoms with Crippen LogP contribution in [-0.4, -0.2) is 22.8 Å². The standard InChI is InChI=1S/C15H22O5/c1-5-6-7-8-19-20-14-11(4)9(2)10(3)12(13(14)16)15(17)18/h16H,5-8H2,1-4H3,(H,17,18). The van der Waals surface area contributed by atoms with Crippen molar-refractivity contribution in [2.45, 2.75) is 47.0 Å².